The lowest BCUT2D eigenvalue weighted by Crippen LogP contribution is -2.29. The number of fused-ring (bicyclic) bond motifs is 1. The summed E-state index contributed by atoms with van der Waals surface area (Å²) in [5.74, 6) is 0. The number of nitrogens with zero attached hydrogens (tertiary/aromatic N) is 4. The average Bonchev–Trinajstić information content (AvgIpc) is 3.58. The Kier molecular flexibility index (Phi) is 7.83. The number of nitriles is 1. The zero-order valence-electron chi connectivity index (χ0n) is 22.4. The largest absolute Gasteiger partial charge is 0.361 e. The summed E-state index contributed by atoms with van der Waals surface area (Å²) < 4.78 is 0. The maximum Gasteiger partial charge on any atom is 0.103 e. The first kappa shape index (κ1) is 25.7. The Balaban J connectivity index is 1.29. The minimum absolute atomic E-state index is 0.502. The van der Waals surface area contributed by atoms with Crippen LogP contribution in [0.1, 0.15) is 52.9 Å². The fourth-order valence-electron chi connectivity index (χ4n) is 5.25. The molecule has 1 aromatic carbocycles. The number of rotatable bonds is 9. The summed E-state index contributed by atoms with van der Waals surface area (Å²) in [6.07, 6.45) is 13.3. The number of aromatic nitrogens is 3. The van der Waals surface area contributed by atoms with E-state index in [0.29, 0.717) is 11.6 Å². The van der Waals surface area contributed by atoms with Crippen LogP contribution < -0.4 is 10.6 Å². The molecule has 4 heterocycles. The molecule has 194 valence electrons. The highest BCUT2D eigenvalue weighted by Crippen LogP contribution is 2.32. The van der Waals surface area contributed by atoms with Crippen LogP contribution >= 0.6 is 0 Å². The molecule has 1 atom stereocenters. The van der Waals surface area contributed by atoms with E-state index in [2.05, 4.69) is 62.7 Å². The van der Waals surface area contributed by atoms with Gasteiger partial charge in [-0.25, -0.2) is 0 Å². The van der Waals surface area contributed by atoms with Crippen LogP contribution in [0.25, 0.3) is 23.1 Å². The van der Waals surface area contributed by atoms with Gasteiger partial charge in [0, 0.05) is 59.0 Å². The van der Waals surface area contributed by atoms with E-state index in [-0.39, 0.29) is 0 Å². The molecule has 7 heteroatoms. The van der Waals surface area contributed by atoms with E-state index >= 15 is 0 Å². The van der Waals surface area contributed by atoms with Crippen LogP contribution in [0.3, 0.4) is 0 Å². The molecule has 0 radical (unpaired) electrons. The van der Waals surface area contributed by atoms with Crippen molar-refractivity contribution in [3.63, 3.8) is 0 Å². The molecule has 1 saturated heterocycles. The van der Waals surface area contributed by atoms with E-state index in [0.717, 1.165) is 57.9 Å². The number of likely N-dealkylation sites (tertiary alicyclic amines) is 1. The number of nitrogens with one attached hydrogen (secondary N) is 3. The molecule has 1 fully saturated rings. The number of H-pyrrole nitrogens is 1. The topological polar surface area (TPSA) is 92.7 Å². The van der Waals surface area contributed by atoms with E-state index in [4.69, 9.17) is 0 Å². The SMILES string of the molecule is Cc1ncc(C#N)c(Nc2ccc3[nH]ccc3c2C)c1C=Cc1ccc(CNCCC2CCCN2C)cn1. The van der Waals surface area contributed by atoms with Crippen molar-refractivity contribution >= 4 is 34.4 Å². The Morgan fingerprint density at radius 2 is 2.03 bits per heavy atom. The van der Waals surface area contributed by atoms with E-state index in [9.17, 15) is 5.26 Å². The van der Waals surface area contributed by atoms with Gasteiger partial charge in [0.15, 0.2) is 0 Å². The number of hydrogen-bond acceptors (Lipinski definition) is 6. The molecule has 1 aliphatic heterocycles. The summed E-state index contributed by atoms with van der Waals surface area (Å²) in [5.41, 5.74) is 8.18. The number of pyridine rings is 2. The van der Waals surface area contributed by atoms with Gasteiger partial charge >= 0.3 is 0 Å². The highest BCUT2D eigenvalue weighted by molar-refractivity contribution is 5.90. The Labute approximate surface area is 224 Å². The highest BCUT2D eigenvalue weighted by atomic mass is 15.1. The van der Waals surface area contributed by atoms with Crippen LogP contribution in [-0.2, 0) is 6.54 Å². The van der Waals surface area contributed by atoms with Gasteiger partial charge in [0.2, 0.25) is 0 Å². The van der Waals surface area contributed by atoms with E-state index in [1.165, 1.54) is 31.4 Å². The van der Waals surface area contributed by atoms with Crippen LogP contribution in [0.2, 0.25) is 0 Å². The number of hydrogen-bond donors (Lipinski definition) is 3. The van der Waals surface area contributed by atoms with Crippen LogP contribution in [0.5, 0.6) is 0 Å². The zero-order valence-corrected chi connectivity index (χ0v) is 22.4. The lowest BCUT2D eigenvalue weighted by Gasteiger charge is -2.19. The minimum atomic E-state index is 0.502. The number of benzene rings is 1. The second-order valence-corrected chi connectivity index (χ2v) is 10.1. The molecule has 1 aliphatic rings. The van der Waals surface area contributed by atoms with Crippen molar-refractivity contribution in [2.24, 2.45) is 0 Å². The van der Waals surface area contributed by atoms with Crippen molar-refractivity contribution in [3.05, 3.63) is 82.6 Å². The van der Waals surface area contributed by atoms with Crippen molar-refractivity contribution in [1.82, 2.24) is 25.2 Å². The molecule has 38 heavy (non-hydrogen) atoms. The van der Waals surface area contributed by atoms with Crippen molar-refractivity contribution in [2.75, 3.05) is 25.5 Å². The van der Waals surface area contributed by atoms with Crippen molar-refractivity contribution in [1.29, 1.82) is 5.26 Å². The molecule has 0 spiro atoms. The van der Waals surface area contributed by atoms with Gasteiger partial charge in [-0.15, -0.1) is 0 Å². The van der Waals surface area contributed by atoms with Gasteiger partial charge in [0.25, 0.3) is 0 Å². The fraction of sp³-hybridized carbons (Fsp3) is 0.323. The van der Waals surface area contributed by atoms with Crippen LogP contribution in [0.15, 0.2) is 48.9 Å². The second-order valence-electron chi connectivity index (χ2n) is 10.1. The summed E-state index contributed by atoms with van der Waals surface area (Å²) in [4.78, 5) is 14.8. The van der Waals surface area contributed by atoms with Gasteiger partial charge in [0.1, 0.15) is 6.07 Å². The van der Waals surface area contributed by atoms with Crippen LogP contribution in [0.4, 0.5) is 11.4 Å². The lowest BCUT2D eigenvalue weighted by molar-refractivity contribution is 0.293. The zero-order chi connectivity index (χ0) is 26.5. The number of aromatic amines is 1. The summed E-state index contributed by atoms with van der Waals surface area (Å²) in [6, 6.07) is 13.3. The van der Waals surface area contributed by atoms with Gasteiger partial charge in [0.05, 0.1) is 16.9 Å². The molecule has 0 bridgehead atoms. The first-order valence-corrected chi connectivity index (χ1v) is 13.3. The summed E-state index contributed by atoms with van der Waals surface area (Å²) >= 11 is 0. The predicted octanol–water partition coefficient (Wildman–Crippen LogP) is 5.93. The third kappa shape index (κ3) is 5.62. The Morgan fingerprint density at radius 3 is 2.79 bits per heavy atom. The highest BCUT2D eigenvalue weighted by Gasteiger charge is 2.19. The molecule has 0 aliphatic carbocycles. The lowest BCUT2D eigenvalue weighted by atomic mass is 10.0. The average molecular weight is 506 g/mol. The predicted molar refractivity (Wildman–Crippen MR) is 155 cm³/mol. The molecular formula is C31H35N7. The Hall–Kier alpha value is -3.99. The molecule has 3 N–H and O–H groups in total. The summed E-state index contributed by atoms with van der Waals surface area (Å²) in [6.45, 7) is 7.10. The van der Waals surface area contributed by atoms with Crippen molar-refractivity contribution in [3.8, 4) is 6.07 Å². The van der Waals surface area contributed by atoms with Crippen molar-refractivity contribution < 1.29 is 0 Å². The third-order valence-corrected chi connectivity index (χ3v) is 7.62. The number of anilines is 2. The van der Waals surface area contributed by atoms with E-state index in [1.54, 1.807) is 6.20 Å². The molecule has 1 unspecified atom stereocenters. The molecule has 5 rings (SSSR count). The van der Waals surface area contributed by atoms with Gasteiger partial charge < -0.3 is 20.5 Å². The maximum absolute atomic E-state index is 9.82. The minimum Gasteiger partial charge on any atom is -0.361 e. The molecule has 0 saturated carbocycles. The summed E-state index contributed by atoms with van der Waals surface area (Å²) in [7, 11) is 2.23. The molecule has 0 amide bonds. The number of aryl methyl sites for hydroxylation is 2. The molecule has 7 nitrogen and oxygen atoms in total. The Morgan fingerprint density at radius 1 is 1.13 bits per heavy atom. The first-order chi connectivity index (χ1) is 18.5. The van der Waals surface area contributed by atoms with Gasteiger partial charge in [-0.3, -0.25) is 9.97 Å². The standard InChI is InChI=1S/C31H35N7/c1-21-27-13-15-34-30(27)11-10-29(21)37-31-24(17-32)20-35-22(2)28(31)9-8-25-7-6-23(19-36-25)18-33-14-12-26-5-4-16-38(26)3/h6-11,13,15,19-20,26,33-34H,4-5,12,14,16,18H2,1-3H3,(H,35,37). The smallest absolute Gasteiger partial charge is 0.103 e. The monoisotopic (exact) mass is 505 g/mol. The van der Waals surface area contributed by atoms with E-state index in [1.807, 2.05) is 49.7 Å². The Bertz CT molecular complexity index is 1480. The quantitative estimate of drug-likeness (QED) is 0.244. The third-order valence-electron chi connectivity index (χ3n) is 7.62. The molecular weight excluding hydrogens is 470 g/mol. The van der Waals surface area contributed by atoms with Crippen molar-refractivity contribution in [2.45, 2.75) is 45.7 Å². The second kappa shape index (κ2) is 11.6. The van der Waals surface area contributed by atoms with Crippen LogP contribution in [-0.4, -0.2) is 46.0 Å². The molecule has 4 aromatic rings. The molecule has 3 aromatic heterocycles. The van der Waals surface area contributed by atoms with Gasteiger partial charge in [-0.05, 0) is 101 Å². The normalized spacial score (nSPS) is 15.9. The maximum atomic E-state index is 9.82. The summed E-state index contributed by atoms with van der Waals surface area (Å²) in [5, 5.41) is 18.1. The van der Waals surface area contributed by atoms with Gasteiger partial charge in [-0.2, -0.15) is 5.26 Å². The van der Waals surface area contributed by atoms with Crippen LogP contribution in [0, 0.1) is 25.2 Å². The fourth-order valence-corrected chi connectivity index (χ4v) is 5.25. The van der Waals surface area contributed by atoms with E-state index < -0.39 is 0 Å². The first-order valence-electron chi connectivity index (χ1n) is 13.3. The van der Waals surface area contributed by atoms with Gasteiger partial charge in [-0.1, -0.05) is 6.07 Å².